The van der Waals surface area contributed by atoms with Gasteiger partial charge in [-0.3, -0.25) is 4.79 Å². The van der Waals surface area contributed by atoms with Crippen LogP contribution in [0.1, 0.15) is 46.0 Å². The lowest BCUT2D eigenvalue weighted by atomic mass is 9.96. The van der Waals surface area contributed by atoms with E-state index in [0.29, 0.717) is 5.91 Å². The maximum atomic E-state index is 12.0. The molecule has 1 amide bonds. The smallest absolute Gasteiger partial charge is 0.223 e. The summed E-state index contributed by atoms with van der Waals surface area (Å²) in [6.45, 7) is 8.76. The van der Waals surface area contributed by atoms with Crippen molar-refractivity contribution in [3.63, 3.8) is 0 Å². The van der Waals surface area contributed by atoms with Gasteiger partial charge in [-0.1, -0.05) is 20.3 Å². The number of thioether (sulfide) groups is 1. The number of piperidine rings is 1. The zero-order chi connectivity index (χ0) is 14.8. The van der Waals surface area contributed by atoms with Crippen LogP contribution in [0.15, 0.2) is 0 Å². The molecule has 0 aromatic heterocycles. The molecule has 1 aliphatic heterocycles. The van der Waals surface area contributed by atoms with E-state index < -0.39 is 0 Å². The summed E-state index contributed by atoms with van der Waals surface area (Å²) >= 11 is 1.86. The molecule has 4 heteroatoms. The summed E-state index contributed by atoms with van der Waals surface area (Å²) < 4.78 is 0. The number of carbonyl (C=O) groups excluding carboxylic acids is 1. The molecule has 118 valence electrons. The van der Waals surface area contributed by atoms with Gasteiger partial charge in [0.1, 0.15) is 0 Å². The Morgan fingerprint density at radius 1 is 1.30 bits per heavy atom. The van der Waals surface area contributed by atoms with Crippen LogP contribution in [0, 0.1) is 5.92 Å². The quantitative estimate of drug-likeness (QED) is 0.611. The van der Waals surface area contributed by atoms with E-state index in [-0.39, 0.29) is 0 Å². The van der Waals surface area contributed by atoms with Gasteiger partial charge in [-0.25, -0.2) is 0 Å². The molecule has 0 atom stereocenters. The van der Waals surface area contributed by atoms with Crippen molar-refractivity contribution in [1.82, 2.24) is 9.80 Å². The Morgan fingerprint density at radius 3 is 2.60 bits per heavy atom. The molecule has 0 aromatic carbocycles. The van der Waals surface area contributed by atoms with E-state index in [1.54, 1.807) is 0 Å². The molecular weight excluding hydrogens is 268 g/mol. The van der Waals surface area contributed by atoms with E-state index in [2.05, 4.69) is 30.7 Å². The Bertz CT molecular complexity index is 265. The van der Waals surface area contributed by atoms with E-state index in [0.717, 1.165) is 36.9 Å². The Hall–Kier alpha value is -0.220. The van der Waals surface area contributed by atoms with E-state index >= 15 is 0 Å². The first-order valence-electron chi connectivity index (χ1n) is 8.21. The maximum Gasteiger partial charge on any atom is 0.223 e. The summed E-state index contributed by atoms with van der Waals surface area (Å²) in [5, 5.41) is 0. The van der Waals surface area contributed by atoms with Gasteiger partial charge >= 0.3 is 0 Å². The first-order chi connectivity index (χ1) is 9.67. The zero-order valence-corrected chi connectivity index (χ0v) is 14.4. The summed E-state index contributed by atoms with van der Waals surface area (Å²) in [6, 6.07) is 0. The average Bonchev–Trinajstić information content (AvgIpc) is 2.46. The lowest BCUT2D eigenvalue weighted by Gasteiger charge is -2.34. The fraction of sp³-hybridized carbons (Fsp3) is 0.938. The minimum absolute atomic E-state index is 0.365. The normalized spacial score (nSPS) is 16.9. The van der Waals surface area contributed by atoms with E-state index in [1.807, 2.05) is 11.8 Å². The highest BCUT2D eigenvalue weighted by Crippen LogP contribution is 2.19. The molecule has 3 nitrogen and oxygen atoms in total. The first-order valence-corrected chi connectivity index (χ1v) is 9.36. The van der Waals surface area contributed by atoms with Crippen molar-refractivity contribution in [1.29, 1.82) is 0 Å². The minimum atomic E-state index is 0.365. The van der Waals surface area contributed by atoms with Crippen LogP contribution in [-0.4, -0.2) is 60.4 Å². The Kier molecular flexibility index (Phi) is 9.36. The van der Waals surface area contributed by atoms with Crippen LogP contribution in [0.2, 0.25) is 0 Å². The van der Waals surface area contributed by atoms with Crippen LogP contribution < -0.4 is 0 Å². The van der Waals surface area contributed by atoms with Crippen molar-refractivity contribution in [2.24, 2.45) is 5.92 Å². The molecular formula is C16H32N2OS. The van der Waals surface area contributed by atoms with Gasteiger partial charge < -0.3 is 9.80 Å². The van der Waals surface area contributed by atoms with Crippen molar-refractivity contribution < 1.29 is 4.79 Å². The third kappa shape index (κ3) is 6.98. The highest BCUT2D eigenvalue weighted by atomic mass is 32.2. The van der Waals surface area contributed by atoms with E-state index in [4.69, 9.17) is 0 Å². The number of hydrogen-bond acceptors (Lipinski definition) is 3. The minimum Gasteiger partial charge on any atom is -0.343 e. The van der Waals surface area contributed by atoms with Crippen molar-refractivity contribution in [3.8, 4) is 0 Å². The summed E-state index contributed by atoms with van der Waals surface area (Å²) in [5.74, 6) is 3.24. The number of nitrogens with zero attached hydrogens (tertiary/aromatic N) is 2. The van der Waals surface area contributed by atoms with Crippen LogP contribution >= 0.6 is 11.8 Å². The fourth-order valence-electron chi connectivity index (χ4n) is 2.79. The molecule has 0 radical (unpaired) electrons. The van der Waals surface area contributed by atoms with Crippen molar-refractivity contribution in [2.45, 2.75) is 46.0 Å². The lowest BCUT2D eigenvalue weighted by Crippen LogP contribution is -2.41. The number of rotatable bonds is 9. The topological polar surface area (TPSA) is 23.6 Å². The lowest BCUT2D eigenvalue weighted by molar-refractivity contribution is -0.132. The maximum absolute atomic E-state index is 12.0. The molecule has 0 saturated carbocycles. The van der Waals surface area contributed by atoms with Crippen LogP contribution in [0.3, 0.4) is 0 Å². The second kappa shape index (κ2) is 10.5. The van der Waals surface area contributed by atoms with Crippen LogP contribution in [0.5, 0.6) is 0 Å². The fourth-order valence-corrected chi connectivity index (χ4v) is 3.39. The number of amides is 1. The van der Waals surface area contributed by atoms with Crippen LogP contribution in [0.25, 0.3) is 0 Å². The first kappa shape index (κ1) is 17.8. The summed E-state index contributed by atoms with van der Waals surface area (Å²) in [7, 11) is 2.23. The van der Waals surface area contributed by atoms with E-state index in [1.165, 1.54) is 38.8 Å². The van der Waals surface area contributed by atoms with Gasteiger partial charge in [-0.05, 0) is 44.5 Å². The van der Waals surface area contributed by atoms with Crippen LogP contribution in [-0.2, 0) is 4.79 Å². The second-order valence-electron chi connectivity index (χ2n) is 5.89. The van der Waals surface area contributed by atoms with Crippen LogP contribution in [0.4, 0.5) is 0 Å². The highest BCUT2D eigenvalue weighted by molar-refractivity contribution is 7.99. The molecule has 1 fully saturated rings. The third-order valence-electron chi connectivity index (χ3n) is 4.09. The standard InChI is InChI=1S/C16H32N2OS/c1-4-6-10-17(3)14-15-7-11-18(12-8-15)16(19)9-13-20-5-2/h15H,4-14H2,1-3H3. The number of likely N-dealkylation sites (tertiary alicyclic amines) is 1. The van der Waals surface area contributed by atoms with Gasteiger partial charge in [-0.2, -0.15) is 11.8 Å². The molecule has 0 unspecified atom stereocenters. The van der Waals surface area contributed by atoms with Crippen molar-refractivity contribution >= 4 is 17.7 Å². The van der Waals surface area contributed by atoms with E-state index in [9.17, 15) is 4.79 Å². The van der Waals surface area contributed by atoms with Gasteiger partial charge in [0.25, 0.3) is 0 Å². The summed E-state index contributed by atoms with van der Waals surface area (Å²) in [5.41, 5.74) is 0. The molecule has 20 heavy (non-hydrogen) atoms. The Balaban J connectivity index is 2.17. The van der Waals surface area contributed by atoms with Crippen molar-refractivity contribution in [2.75, 3.05) is 44.7 Å². The van der Waals surface area contributed by atoms with Crippen molar-refractivity contribution in [3.05, 3.63) is 0 Å². The predicted molar refractivity (Wildman–Crippen MR) is 89.3 cm³/mol. The number of hydrogen-bond donors (Lipinski definition) is 0. The highest BCUT2D eigenvalue weighted by Gasteiger charge is 2.23. The second-order valence-corrected chi connectivity index (χ2v) is 7.28. The van der Waals surface area contributed by atoms with Gasteiger partial charge in [0.15, 0.2) is 0 Å². The average molecular weight is 301 g/mol. The summed E-state index contributed by atoms with van der Waals surface area (Å²) in [4.78, 5) is 16.6. The molecule has 0 aromatic rings. The zero-order valence-electron chi connectivity index (χ0n) is 13.6. The SMILES string of the molecule is CCCCN(C)CC1CCN(C(=O)CCSCC)CC1. The molecule has 1 aliphatic rings. The van der Waals surface area contributed by atoms with Gasteiger partial charge in [0.05, 0.1) is 0 Å². The number of carbonyl (C=O) groups is 1. The predicted octanol–water partition coefficient (Wildman–Crippen LogP) is 3.10. The molecule has 1 heterocycles. The van der Waals surface area contributed by atoms with Gasteiger partial charge in [0, 0.05) is 31.8 Å². The largest absolute Gasteiger partial charge is 0.343 e. The summed E-state index contributed by atoms with van der Waals surface area (Å²) in [6.07, 6.45) is 5.65. The van der Waals surface area contributed by atoms with Gasteiger partial charge in [-0.15, -0.1) is 0 Å². The molecule has 0 spiro atoms. The Labute approximate surface area is 129 Å². The third-order valence-corrected chi connectivity index (χ3v) is 5.00. The molecule has 0 aliphatic carbocycles. The molecule has 0 N–H and O–H groups in total. The molecule has 1 rings (SSSR count). The molecule has 1 saturated heterocycles. The molecule has 0 bridgehead atoms. The number of unbranched alkanes of at least 4 members (excludes halogenated alkanes) is 1. The van der Waals surface area contributed by atoms with Gasteiger partial charge in [0.2, 0.25) is 5.91 Å². The monoisotopic (exact) mass is 300 g/mol. The Morgan fingerprint density at radius 2 is 2.00 bits per heavy atom.